The molecule has 8 nitrogen and oxygen atoms in total. The number of urea groups is 1. The van der Waals surface area contributed by atoms with E-state index in [9.17, 15) is 9.59 Å². The molecule has 0 spiro atoms. The highest BCUT2D eigenvalue weighted by atomic mass is 35.5. The first-order valence-corrected chi connectivity index (χ1v) is 10.1. The quantitative estimate of drug-likeness (QED) is 0.622. The van der Waals surface area contributed by atoms with Gasteiger partial charge in [-0.2, -0.15) is 0 Å². The van der Waals surface area contributed by atoms with Gasteiger partial charge in [-0.3, -0.25) is 9.69 Å². The van der Waals surface area contributed by atoms with Crippen molar-refractivity contribution in [1.29, 1.82) is 0 Å². The van der Waals surface area contributed by atoms with E-state index in [1.54, 1.807) is 55.6 Å². The van der Waals surface area contributed by atoms with Gasteiger partial charge in [0.2, 0.25) is 5.89 Å². The summed E-state index contributed by atoms with van der Waals surface area (Å²) in [6.45, 7) is 2.48. The smallest absolute Gasteiger partial charge is 0.325 e. The van der Waals surface area contributed by atoms with E-state index in [2.05, 4.69) is 10.3 Å². The van der Waals surface area contributed by atoms with Gasteiger partial charge < -0.3 is 19.2 Å². The highest BCUT2D eigenvalue weighted by molar-refractivity contribution is 6.30. The summed E-state index contributed by atoms with van der Waals surface area (Å²) < 4.78 is 16.9. The van der Waals surface area contributed by atoms with Crippen LogP contribution in [0.5, 0.6) is 11.5 Å². The second-order valence-electron chi connectivity index (χ2n) is 7.43. The molecule has 1 unspecified atom stereocenters. The monoisotopic (exact) mass is 439 g/mol. The molecule has 158 valence electrons. The van der Waals surface area contributed by atoms with Crippen molar-refractivity contribution in [2.75, 3.05) is 13.2 Å². The number of carbonyl (C=O) groups is 2. The number of rotatable bonds is 4. The number of benzene rings is 2. The topological polar surface area (TPSA) is 93.9 Å². The SMILES string of the molecule is CC1(c2ccc3c(c2)OCCO3)NC(=O)N(Cc2ncc(-c3ccc(Cl)cc3)o2)C1=O. The van der Waals surface area contributed by atoms with Gasteiger partial charge in [-0.1, -0.05) is 17.7 Å². The first-order chi connectivity index (χ1) is 14.9. The van der Waals surface area contributed by atoms with Crippen molar-refractivity contribution in [3.8, 4) is 22.8 Å². The van der Waals surface area contributed by atoms with Gasteiger partial charge in [0.15, 0.2) is 17.3 Å². The predicted octanol–water partition coefficient (Wildman–Crippen LogP) is 3.73. The average Bonchev–Trinajstić information content (AvgIpc) is 3.33. The number of hydrogen-bond donors (Lipinski definition) is 1. The van der Waals surface area contributed by atoms with Crippen LogP contribution in [0.15, 0.2) is 53.1 Å². The maximum atomic E-state index is 13.2. The number of nitrogens with one attached hydrogen (secondary N) is 1. The van der Waals surface area contributed by atoms with Crippen LogP contribution in [0.2, 0.25) is 5.02 Å². The normalized spacial score (nSPS) is 20.1. The number of halogens is 1. The first-order valence-electron chi connectivity index (χ1n) is 9.69. The molecule has 3 aromatic rings. The van der Waals surface area contributed by atoms with Gasteiger partial charge in [-0.05, 0) is 48.9 Å². The van der Waals surface area contributed by atoms with Gasteiger partial charge in [-0.25, -0.2) is 9.78 Å². The van der Waals surface area contributed by atoms with E-state index in [1.807, 2.05) is 0 Å². The fourth-order valence-corrected chi connectivity index (χ4v) is 3.78. The molecule has 1 atom stereocenters. The Morgan fingerprint density at radius 3 is 2.61 bits per heavy atom. The van der Waals surface area contributed by atoms with E-state index < -0.39 is 17.5 Å². The Bertz CT molecular complexity index is 1180. The highest BCUT2D eigenvalue weighted by Crippen LogP contribution is 2.37. The Morgan fingerprint density at radius 2 is 1.84 bits per heavy atom. The minimum Gasteiger partial charge on any atom is -0.486 e. The maximum Gasteiger partial charge on any atom is 0.325 e. The number of ether oxygens (including phenoxy) is 2. The van der Waals surface area contributed by atoms with E-state index in [1.165, 1.54) is 0 Å². The zero-order valence-corrected chi connectivity index (χ0v) is 17.3. The molecule has 1 aromatic heterocycles. The van der Waals surface area contributed by atoms with Gasteiger partial charge in [0.05, 0.1) is 6.20 Å². The number of imide groups is 1. The van der Waals surface area contributed by atoms with Gasteiger partial charge in [0.25, 0.3) is 5.91 Å². The minimum absolute atomic E-state index is 0.0849. The summed E-state index contributed by atoms with van der Waals surface area (Å²) in [5.74, 6) is 1.53. The predicted molar refractivity (Wildman–Crippen MR) is 111 cm³/mol. The Labute approximate surface area is 182 Å². The van der Waals surface area contributed by atoms with Crippen LogP contribution in [0, 0.1) is 0 Å². The molecule has 1 fully saturated rings. The molecular formula is C22H18ClN3O5. The molecule has 3 amide bonds. The van der Waals surface area contributed by atoms with E-state index in [-0.39, 0.29) is 12.4 Å². The molecule has 0 bridgehead atoms. The summed E-state index contributed by atoms with van der Waals surface area (Å²) in [7, 11) is 0. The molecule has 0 aliphatic carbocycles. The van der Waals surface area contributed by atoms with Gasteiger partial charge in [-0.15, -0.1) is 0 Å². The van der Waals surface area contributed by atoms with E-state index in [0.717, 1.165) is 10.5 Å². The van der Waals surface area contributed by atoms with Crippen LogP contribution in [0.1, 0.15) is 18.4 Å². The maximum absolute atomic E-state index is 13.2. The van der Waals surface area contributed by atoms with Crippen LogP contribution >= 0.6 is 11.6 Å². The van der Waals surface area contributed by atoms with Crippen LogP contribution in [-0.4, -0.2) is 35.0 Å². The lowest BCUT2D eigenvalue weighted by molar-refractivity contribution is -0.131. The molecule has 31 heavy (non-hydrogen) atoms. The zero-order valence-electron chi connectivity index (χ0n) is 16.6. The number of fused-ring (bicyclic) bond motifs is 1. The number of aromatic nitrogens is 1. The Morgan fingerprint density at radius 1 is 1.10 bits per heavy atom. The molecule has 2 aromatic carbocycles. The molecule has 3 heterocycles. The van der Waals surface area contributed by atoms with Crippen molar-refractivity contribution < 1.29 is 23.5 Å². The lowest BCUT2D eigenvalue weighted by atomic mass is 9.91. The van der Waals surface area contributed by atoms with E-state index >= 15 is 0 Å². The molecule has 0 radical (unpaired) electrons. The number of oxazole rings is 1. The molecule has 0 saturated carbocycles. The average molecular weight is 440 g/mol. The number of carbonyl (C=O) groups excluding carboxylic acids is 2. The first kappa shape index (κ1) is 19.4. The van der Waals surface area contributed by atoms with Gasteiger partial charge in [0, 0.05) is 10.6 Å². The summed E-state index contributed by atoms with van der Waals surface area (Å²) in [5.41, 5.74) is 0.159. The third-order valence-electron chi connectivity index (χ3n) is 5.37. The third kappa shape index (κ3) is 3.38. The van der Waals surface area contributed by atoms with Crippen molar-refractivity contribution in [1.82, 2.24) is 15.2 Å². The Hall–Kier alpha value is -3.52. The largest absolute Gasteiger partial charge is 0.486 e. The number of amides is 3. The fraction of sp³-hybridized carbons (Fsp3) is 0.227. The molecule has 2 aliphatic rings. The second kappa shape index (κ2) is 7.31. The summed E-state index contributed by atoms with van der Waals surface area (Å²) in [5, 5.41) is 3.39. The van der Waals surface area contributed by atoms with Crippen LogP contribution < -0.4 is 14.8 Å². The number of hydrogen-bond acceptors (Lipinski definition) is 6. The Balaban J connectivity index is 1.37. The second-order valence-corrected chi connectivity index (χ2v) is 7.87. The lowest BCUT2D eigenvalue weighted by Crippen LogP contribution is -2.41. The van der Waals surface area contributed by atoms with Crippen molar-refractivity contribution in [2.45, 2.75) is 19.0 Å². The van der Waals surface area contributed by atoms with E-state index in [4.69, 9.17) is 25.5 Å². The molecule has 2 aliphatic heterocycles. The molecular weight excluding hydrogens is 422 g/mol. The van der Waals surface area contributed by atoms with Gasteiger partial charge in [0.1, 0.15) is 25.3 Å². The van der Waals surface area contributed by atoms with Crippen LogP contribution in [0.4, 0.5) is 4.79 Å². The zero-order chi connectivity index (χ0) is 21.6. The summed E-state index contributed by atoms with van der Waals surface area (Å²) in [4.78, 5) is 31.2. The standard InChI is InChI=1S/C22H18ClN3O5/c1-22(14-4-7-16-17(10-14)30-9-8-29-16)20(27)26(21(28)25-22)12-19-24-11-18(31-19)13-2-5-15(23)6-3-13/h2-7,10-11H,8-9,12H2,1H3,(H,25,28). The van der Waals surface area contributed by atoms with Crippen LogP contribution in [0.3, 0.4) is 0 Å². The Kier molecular flexibility index (Phi) is 4.59. The molecule has 5 rings (SSSR count). The van der Waals surface area contributed by atoms with Crippen LogP contribution in [-0.2, 0) is 16.9 Å². The summed E-state index contributed by atoms with van der Waals surface area (Å²) in [6, 6.07) is 11.8. The fourth-order valence-electron chi connectivity index (χ4n) is 3.66. The minimum atomic E-state index is -1.24. The molecule has 1 saturated heterocycles. The van der Waals surface area contributed by atoms with Crippen molar-refractivity contribution in [3.63, 3.8) is 0 Å². The lowest BCUT2D eigenvalue weighted by Gasteiger charge is -2.25. The molecule has 1 N–H and O–H groups in total. The highest BCUT2D eigenvalue weighted by Gasteiger charge is 2.49. The van der Waals surface area contributed by atoms with Gasteiger partial charge >= 0.3 is 6.03 Å². The summed E-state index contributed by atoms with van der Waals surface area (Å²) >= 11 is 5.92. The third-order valence-corrected chi connectivity index (χ3v) is 5.62. The van der Waals surface area contributed by atoms with Crippen molar-refractivity contribution in [3.05, 3.63) is 65.1 Å². The van der Waals surface area contributed by atoms with E-state index in [0.29, 0.717) is 41.1 Å². The summed E-state index contributed by atoms with van der Waals surface area (Å²) in [6.07, 6.45) is 1.55. The number of nitrogens with zero attached hydrogens (tertiary/aromatic N) is 2. The molecule has 9 heteroatoms. The van der Waals surface area contributed by atoms with Crippen molar-refractivity contribution in [2.24, 2.45) is 0 Å². The van der Waals surface area contributed by atoms with Crippen molar-refractivity contribution >= 4 is 23.5 Å². The van der Waals surface area contributed by atoms with Crippen LogP contribution in [0.25, 0.3) is 11.3 Å².